The molecule has 166 valence electrons. The zero-order valence-electron chi connectivity index (χ0n) is 18.2. The van der Waals surface area contributed by atoms with Gasteiger partial charge in [-0.3, -0.25) is 4.79 Å². The molecular formula is C24H31ClN4O2. The number of aromatic amines is 1. The highest BCUT2D eigenvalue weighted by molar-refractivity contribution is 6.20. The van der Waals surface area contributed by atoms with Gasteiger partial charge in [0, 0.05) is 30.8 Å². The Hall–Kier alpha value is -2.47. The number of fused-ring (bicyclic) bond motifs is 1. The van der Waals surface area contributed by atoms with Crippen molar-refractivity contribution in [2.24, 2.45) is 0 Å². The first-order chi connectivity index (χ1) is 15.0. The second-order valence-electron chi connectivity index (χ2n) is 8.60. The van der Waals surface area contributed by atoms with E-state index in [4.69, 9.17) is 16.3 Å². The number of carbonyl (C=O) groups is 1. The van der Waals surface area contributed by atoms with Gasteiger partial charge in [-0.25, -0.2) is 4.98 Å². The first-order valence-electron chi connectivity index (χ1n) is 11.1. The number of imidazole rings is 1. The number of methoxy groups -OCH3 is 1. The molecule has 31 heavy (non-hydrogen) atoms. The number of alkyl halides is 1. The predicted molar refractivity (Wildman–Crippen MR) is 123 cm³/mol. The number of nitrogens with one attached hydrogen (secondary N) is 2. The third kappa shape index (κ3) is 5.06. The van der Waals surface area contributed by atoms with Crippen LogP contribution in [0.1, 0.15) is 79.4 Å². The highest BCUT2D eigenvalue weighted by Gasteiger charge is 2.25. The summed E-state index contributed by atoms with van der Waals surface area (Å²) in [6.07, 6.45) is 12.0. The van der Waals surface area contributed by atoms with Gasteiger partial charge in [0.2, 0.25) is 5.91 Å². The van der Waals surface area contributed by atoms with Crippen molar-refractivity contribution in [1.82, 2.24) is 20.2 Å². The second kappa shape index (κ2) is 9.77. The van der Waals surface area contributed by atoms with Crippen LogP contribution < -0.4 is 10.1 Å². The van der Waals surface area contributed by atoms with Gasteiger partial charge >= 0.3 is 0 Å². The maximum Gasteiger partial charge on any atom is 0.220 e. The number of ether oxygens (including phenoxy) is 1. The zero-order chi connectivity index (χ0) is 21.8. The number of halogens is 1. The molecule has 2 aromatic rings. The van der Waals surface area contributed by atoms with Gasteiger partial charge in [0.25, 0.3) is 0 Å². The molecule has 2 unspecified atom stereocenters. The molecule has 1 aliphatic carbocycles. The number of H-pyrrole nitrogens is 1. The average molecular weight is 443 g/mol. The van der Waals surface area contributed by atoms with E-state index in [-0.39, 0.29) is 17.3 Å². The van der Waals surface area contributed by atoms with Gasteiger partial charge in [-0.15, -0.1) is 0 Å². The molecule has 2 aliphatic rings. The van der Waals surface area contributed by atoms with Crippen LogP contribution in [0.25, 0.3) is 6.08 Å². The number of nitrogens with zero attached hydrogens (tertiary/aromatic N) is 2. The molecule has 4 rings (SSSR count). The molecule has 2 N–H and O–H groups in total. The monoisotopic (exact) mass is 442 g/mol. The first kappa shape index (κ1) is 21.8. The van der Waals surface area contributed by atoms with Crippen LogP contribution in [0.4, 0.5) is 0 Å². The van der Waals surface area contributed by atoms with Crippen molar-refractivity contribution >= 4 is 23.6 Å². The smallest absolute Gasteiger partial charge is 0.220 e. The number of rotatable bonds is 7. The number of carbonyl (C=O) groups excluding carboxylic acids is 1. The van der Waals surface area contributed by atoms with E-state index in [1.54, 1.807) is 13.4 Å². The summed E-state index contributed by atoms with van der Waals surface area (Å²) < 4.78 is 5.68. The number of hydrogen-bond donors (Lipinski definition) is 2. The summed E-state index contributed by atoms with van der Waals surface area (Å²) in [5.41, 5.74) is 3.58. The van der Waals surface area contributed by atoms with Gasteiger partial charge < -0.3 is 19.9 Å². The van der Waals surface area contributed by atoms with Crippen LogP contribution in [0.2, 0.25) is 0 Å². The summed E-state index contributed by atoms with van der Waals surface area (Å²) in [4.78, 5) is 22.0. The largest absolute Gasteiger partial charge is 0.496 e. The summed E-state index contributed by atoms with van der Waals surface area (Å²) in [6.45, 7) is 2.70. The SMILES string of the molecule is COc1cc(C(C)CC(=O)NC2CCCCC2)ccc1CN1C=Cc2[nH]cnc2C1Cl. The molecule has 0 saturated heterocycles. The van der Waals surface area contributed by atoms with Crippen LogP contribution >= 0.6 is 11.6 Å². The Bertz CT molecular complexity index is 935. The number of hydrogen-bond acceptors (Lipinski definition) is 4. The lowest BCUT2D eigenvalue weighted by Gasteiger charge is -2.29. The van der Waals surface area contributed by atoms with Crippen molar-refractivity contribution in [1.29, 1.82) is 0 Å². The molecule has 1 aliphatic heterocycles. The minimum Gasteiger partial charge on any atom is -0.496 e. The van der Waals surface area contributed by atoms with Crippen LogP contribution in [-0.2, 0) is 11.3 Å². The van der Waals surface area contributed by atoms with Gasteiger partial charge in [0.05, 0.1) is 19.1 Å². The van der Waals surface area contributed by atoms with Gasteiger partial charge in [0.1, 0.15) is 16.9 Å². The van der Waals surface area contributed by atoms with Crippen molar-refractivity contribution in [2.75, 3.05) is 7.11 Å². The van der Waals surface area contributed by atoms with Crippen LogP contribution in [0, 0.1) is 0 Å². The third-order valence-corrected chi connectivity index (χ3v) is 6.80. The summed E-state index contributed by atoms with van der Waals surface area (Å²) >= 11 is 6.63. The summed E-state index contributed by atoms with van der Waals surface area (Å²) in [5.74, 6) is 1.07. The number of benzene rings is 1. The van der Waals surface area contributed by atoms with E-state index in [1.165, 1.54) is 19.3 Å². The van der Waals surface area contributed by atoms with E-state index in [9.17, 15) is 4.79 Å². The van der Waals surface area contributed by atoms with Gasteiger partial charge in [-0.05, 0) is 36.5 Å². The van der Waals surface area contributed by atoms with Crippen LogP contribution in [-0.4, -0.2) is 33.9 Å². The summed E-state index contributed by atoms with van der Waals surface area (Å²) in [6, 6.07) is 6.56. The Kier molecular flexibility index (Phi) is 6.86. The predicted octanol–water partition coefficient (Wildman–Crippen LogP) is 5.08. The molecule has 2 heterocycles. The molecule has 1 fully saturated rings. The van der Waals surface area contributed by atoms with E-state index in [0.717, 1.165) is 41.1 Å². The third-order valence-electron chi connectivity index (χ3n) is 6.34. The number of aromatic nitrogens is 2. The fraction of sp³-hybridized carbons (Fsp3) is 0.500. The lowest BCUT2D eigenvalue weighted by Crippen LogP contribution is -2.36. The van der Waals surface area contributed by atoms with E-state index >= 15 is 0 Å². The molecular weight excluding hydrogens is 412 g/mol. The first-order valence-corrected chi connectivity index (χ1v) is 11.6. The lowest BCUT2D eigenvalue weighted by atomic mass is 9.93. The Morgan fingerprint density at radius 1 is 1.35 bits per heavy atom. The molecule has 1 aromatic carbocycles. The van der Waals surface area contributed by atoms with Gasteiger partial charge in [0.15, 0.2) is 0 Å². The summed E-state index contributed by atoms with van der Waals surface area (Å²) in [7, 11) is 1.68. The molecule has 0 radical (unpaired) electrons. The lowest BCUT2D eigenvalue weighted by molar-refractivity contribution is -0.122. The second-order valence-corrected chi connectivity index (χ2v) is 9.02. The molecule has 0 spiro atoms. The fourth-order valence-electron chi connectivity index (χ4n) is 4.50. The molecule has 1 amide bonds. The standard InChI is InChI=1S/C24H31ClN4O2/c1-16(12-22(30)28-19-6-4-3-5-7-19)17-8-9-18(21(13-17)31-2)14-29-11-10-20-23(24(29)25)27-15-26-20/h8-11,13,15-16,19,24H,3-7,12,14H2,1-2H3,(H,26,27)(H,28,30). The van der Waals surface area contributed by atoms with Crippen molar-refractivity contribution in [3.63, 3.8) is 0 Å². The van der Waals surface area contributed by atoms with Crippen molar-refractivity contribution in [2.45, 2.75) is 69.5 Å². The normalized spacial score (nSPS) is 19.7. The maximum atomic E-state index is 12.5. The van der Waals surface area contributed by atoms with Gasteiger partial charge in [-0.1, -0.05) is 49.9 Å². The highest BCUT2D eigenvalue weighted by Crippen LogP contribution is 2.35. The highest BCUT2D eigenvalue weighted by atomic mass is 35.5. The molecule has 0 bridgehead atoms. The van der Waals surface area contributed by atoms with Crippen LogP contribution in [0.5, 0.6) is 5.75 Å². The number of amides is 1. The average Bonchev–Trinajstić information content (AvgIpc) is 3.26. The molecule has 1 aromatic heterocycles. The minimum absolute atomic E-state index is 0.119. The van der Waals surface area contributed by atoms with E-state index < -0.39 is 0 Å². The molecule has 1 saturated carbocycles. The van der Waals surface area contributed by atoms with Gasteiger partial charge in [-0.2, -0.15) is 0 Å². The minimum atomic E-state index is -0.335. The van der Waals surface area contributed by atoms with E-state index in [2.05, 4.69) is 34.3 Å². The van der Waals surface area contributed by atoms with Crippen LogP contribution in [0.15, 0.2) is 30.7 Å². The molecule has 7 heteroatoms. The van der Waals surface area contributed by atoms with E-state index in [1.807, 2.05) is 23.2 Å². The molecule has 2 atom stereocenters. The quantitative estimate of drug-likeness (QED) is 0.463. The zero-order valence-corrected chi connectivity index (χ0v) is 19.0. The Morgan fingerprint density at radius 2 is 2.16 bits per heavy atom. The van der Waals surface area contributed by atoms with Crippen LogP contribution in [0.3, 0.4) is 0 Å². The maximum absolute atomic E-state index is 12.5. The van der Waals surface area contributed by atoms with E-state index in [0.29, 0.717) is 19.0 Å². The molecule has 6 nitrogen and oxygen atoms in total. The summed E-state index contributed by atoms with van der Waals surface area (Å²) in [5, 5.41) is 3.22. The topological polar surface area (TPSA) is 70.2 Å². The van der Waals surface area contributed by atoms with Crippen molar-refractivity contribution in [3.8, 4) is 5.75 Å². The Labute approximate surface area is 189 Å². The fourth-order valence-corrected chi connectivity index (χ4v) is 4.81. The Morgan fingerprint density at radius 3 is 2.94 bits per heavy atom. The van der Waals surface area contributed by atoms with Crippen molar-refractivity contribution < 1.29 is 9.53 Å². The Balaban J connectivity index is 1.40. The van der Waals surface area contributed by atoms with Crippen molar-refractivity contribution in [3.05, 3.63) is 53.2 Å².